The number of Topliss-reactive ketones (excluding diaryl/α,β-unsaturated/α-hetero) is 1. The number of carbonyl (C=O) groups is 3. The van der Waals surface area contributed by atoms with Crippen LogP contribution in [-0.2, 0) is 23.2 Å². The molecule has 0 aliphatic heterocycles. The Bertz CT molecular complexity index is 1470. The summed E-state index contributed by atoms with van der Waals surface area (Å²) in [6, 6.07) is 19.2. The van der Waals surface area contributed by atoms with Gasteiger partial charge in [-0.2, -0.15) is 9.78 Å². The van der Waals surface area contributed by atoms with Crippen LogP contribution in [0.15, 0.2) is 60.7 Å². The van der Waals surface area contributed by atoms with E-state index < -0.39 is 11.6 Å². The highest BCUT2D eigenvalue weighted by atomic mass is 32.1. The Morgan fingerprint density at radius 3 is 2.38 bits per heavy atom. The fraction of sp³-hybridized carbons (Fsp3) is 0.333. The third-order valence-electron chi connectivity index (χ3n) is 6.34. The standard InChI is InChI=1S/C30H34N4O4S/c1-6-38-29(37)34-28-23(16-26(39-28)27(36)32-30(4,5)22-10-8-7-9-11-22)24(33-34)17-25(35)21-14-12-20(13-15-21)18-31-19(2)3/h7-16,19,31H,6,17-18H2,1-5H3,(H,32,36). The summed E-state index contributed by atoms with van der Waals surface area (Å²) in [4.78, 5) is 40.0. The lowest BCUT2D eigenvalue weighted by Crippen LogP contribution is -2.40. The molecule has 2 aromatic carbocycles. The molecule has 39 heavy (non-hydrogen) atoms. The first-order valence-corrected chi connectivity index (χ1v) is 13.8. The van der Waals surface area contributed by atoms with Gasteiger partial charge in [-0.25, -0.2) is 4.79 Å². The van der Waals surface area contributed by atoms with Gasteiger partial charge in [-0.3, -0.25) is 9.59 Å². The molecule has 4 rings (SSSR count). The van der Waals surface area contributed by atoms with Gasteiger partial charge in [0.25, 0.3) is 5.91 Å². The summed E-state index contributed by atoms with van der Waals surface area (Å²) in [6.07, 6.45) is -0.665. The van der Waals surface area contributed by atoms with E-state index in [1.807, 2.05) is 56.3 Å². The number of nitrogens with zero attached hydrogens (tertiary/aromatic N) is 2. The number of amides is 1. The molecular formula is C30H34N4O4S. The highest BCUT2D eigenvalue weighted by Crippen LogP contribution is 2.31. The number of thiophene rings is 1. The number of rotatable bonds is 10. The second-order valence-corrected chi connectivity index (χ2v) is 11.2. The van der Waals surface area contributed by atoms with Crippen LogP contribution in [0.25, 0.3) is 10.2 Å². The molecule has 0 aliphatic carbocycles. The molecule has 0 bridgehead atoms. The van der Waals surface area contributed by atoms with E-state index in [-0.39, 0.29) is 24.7 Å². The SMILES string of the molecule is CCOC(=O)n1nc(CC(=O)c2ccc(CNC(C)C)cc2)c2cc(C(=O)NC(C)(C)c3ccccc3)sc21. The second kappa shape index (κ2) is 11.9. The van der Waals surface area contributed by atoms with E-state index in [1.165, 1.54) is 0 Å². The number of hydrogen-bond donors (Lipinski definition) is 2. The lowest BCUT2D eigenvalue weighted by molar-refractivity contribution is 0.0915. The van der Waals surface area contributed by atoms with Gasteiger partial charge in [-0.15, -0.1) is 11.3 Å². The van der Waals surface area contributed by atoms with Crippen LogP contribution >= 0.6 is 11.3 Å². The van der Waals surface area contributed by atoms with Crippen molar-refractivity contribution in [3.8, 4) is 0 Å². The maximum atomic E-state index is 13.3. The third-order valence-corrected chi connectivity index (χ3v) is 7.45. The predicted octanol–water partition coefficient (Wildman–Crippen LogP) is 5.69. The van der Waals surface area contributed by atoms with E-state index in [9.17, 15) is 14.4 Å². The lowest BCUT2D eigenvalue weighted by Gasteiger charge is -2.26. The Morgan fingerprint density at radius 1 is 1.05 bits per heavy atom. The minimum absolute atomic E-state index is 0.0141. The maximum Gasteiger partial charge on any atom is 0.436 e. The molecule has 2 heterocycles. The summed E-state index contributed by atoms with van der Waals surface area (Å²) in [5, 5.41) is 11.4. The van der Waals surface area contributed by atoms with Gasteiger partial charge in [-0.1, -0.05) is 68.4 Å². The average Bonchev–Trinajstić information content (AvgIpc) is 3.49. The van der Waals surface area contributed by atoms with Crippen LogP contribution in [0.1, 0.15) is 71.5 Å². The lowest BCUT2D eigenvalue weighted by atomic mass is 9.94. The van der Waals surface area contributed by atoms with E-state index in [4.69, 9.17) is 4.74 Å². The van der Waals surface area contributed by atoms with Gasteiger partial charge in [0, 0.05) is 23.5 Å². The Morgan fingerprint density at radius 2 is 1.74 bits per heavy atom. The number of hydrogen-bond acceptors (Lipinski definition) is 7. The van der Waals surface area contributed by atoms with Crippen LogP contribution in [0.4, 0.5) is 4.79 Å². The number of ketones is 1. The summed E-state index contributed by atoms with van der Waals surface area (Å²) in [7, 11) is 0. The number of benzene rings is 2. The van der Waals surface area contributed by atoms with Gasteiger partial charge in [0.1, 0.15) is 4.83 Å². The molecule has 204 valence electrons. The molecule has 9 heteroatoms. The van der Waals surface area contributed by atoms with Gasteiger partial charge in [0.2, 0.25) is 0 Å². The van der Waals surface area contributed by atoms with E-state index in [1.54, 1.807) is 25.1 Å². The van der Waals surface area contributed by atoms with Crippen LogP contribution in [0.3, 0.4) is 0 Å². The van der Waals surface area contributed by atoms with Crippen molar-refractivity contribution in [2.75, 3.05) is 6.61 Å². The molecule has 0 spiro atoms. The van der Waals surface area contributed by atoms with E-state index in [2.05, 4.69) is 29.6 Å². The van der Waals surface area contributed by atoms with Crippen LogP contribution < -0.4 is 10.6 Å². The molecule has 4 aromatic rings. The van der Waals surface area contributed by atoms with Crippen molar-refractivity contribution in [1.82, 2.24) is 20.4 Å². The molecule has 0 saturated heterocycles. The average molecular weight is 547 g/mol. The third kappa shape index (κ3) is 6.61. The van der Waals surface area contributed by atoms with Crippen molar-refractivity contribution < 1.29 is 19.1 Å². The molecule has 2 N–H and O–H groups in total. The Kier molecular flexibility index (Phi) is 8.62. The normalized spacial score (nSPS) is 11.6. The highest BCUT2D eigenvalue weighted by Gasteiger charge is 2.27. The van der Waals surface area contributed by atoms with Crippen LogP contribution in [-0.4, -0.2) is 40.2 Å². The number of nitrogens with one attached hydrogen (secondary N) is 2. The van der Waals surface area contributed by atoms with Crippen molar-refractivity contribution in [3.05, 3.63) is 87.9 Å². The zero-order valence-corrected chi connectivity index (χ0v) is 23.7. The fourth-order valence-electron chi connectivity index (χ4n) is 4.17. The van der Waals surface area contributed by atoms with Crippen molar-refractivity contribution in [1.29, 1.82) is 0 Å². The number of aromatic nitrogens is 2. The molecule has 0 radical (unpaired) electrons. The van der Waals surface area contributed by atoms with Crippen molar-refractivity contribution in [2.45, 2.75) is 59.2 Å². The molecule has 0 atom stereocenters. The summed E-state index contributed by atoms with van der Waals surface area (Å²) in [5.74, 6) is -0.403. The van der Waals surface area contributed by atoms with Gasteiger partial charge in [0.05, 0.1) is 29.1 Å². The molecule has 2 aromatic heterocycles. The number of fused-ring (bicyclic) bond motifs is 1. The van der Waals surface area contributed by atoms with Crippen molar-refractivity contribution in [3.63, 3.8) is 0 Å². The Labute approximate surface area is 232 Å². The number of carbonyl (C=O) groups excluding carboxylic acids is 3. The molecule has 0 aliphatic rings. The van der Waals surface area contributed by atoms with Crippen molar-refractivity contribution in [2.24, 2.45) is 0 Å². The zero-order chi connectivity index (χ0) is 28.2. The van der Waals surface area contributed by atoms with Crippen LogP contribution in [0, 0.1) is 0 Å². The van der Waals surface area contributed by atoms with Gasteiger partial charge < -0.3 is 15.4 Å². The van der Waals surface area contributed by atoms with Gasteiger partial charge in [-0.05, 0) is 38.0 Å². The Hall–Kier alpha value is -3.82. The zero-order valence-electron chi connectivity index (χ0n) is 22.9. The minimum Gasteiger partial charge on any atom is -0.448 e. The summed E-state index contributed by atoms with van der Waals surface area (Å²) >= 11 is 1.14. The van der Waals surface area contributed by atoms with Gasteiger partial charge >= 0.3 is 6.09 Å². The topological polar surface area (TPSA) is 102 Å². The maximum absolute atomic E-state index is 13.3. The number of ether oxygens (including phenoxy) is 1. The van der Waals surface area contributed by atoms with Crippen LogP contribution in [0.5, 0.6) is 0 Å². The molecule has 1 amide bonds. The van der Waals surface area contributed by atoms with E-state index >= 15 is 0 Å². The van der Waals surface area contributed by atoms with E-state index in [0.717, 1.165) is 33.7 Å². The van der Waals surface area contributed by atoms with E-state index in [0.29, 0.717) is 32.4 Å². The first kappa shape index (κ1) is 28.2. The van der Waals surface area contributed by atoms with Crippen LogP contribution in [0.2, 0.25) is 0 Å². The summed E-state index contributed by atoms with van der Waals surface area (Å²) in [5.41, 5.74) is 2.42. The molecule has 0 unspecified atom stereocenters. The predicted molar refractivity (Wildman–Crippen MR) is 153 cm³/mol. The Balaban J connectivity index is 1.60. The molecule has 8 nitrogen and oxygen atoms in total. The second-order valence-electron chi connectivity index (χ2n) is 10.2. The van der Waals surface area contributed by atoms with Crippen molar-refractivity contribution >= 4 is 39.3 Å². The first-order chi connectivity index (χ1) is 18.6. The molecular weight excluding hydrogens is 512 g/mol. The smallest absolute Gasteiger partial charge is 0.436 e. The fourth-order valence-corrected chi connectivity index (χ4v) is 5.19. The quantitative estimate of drug-likeness (QED) is 0.248. The summed E-state index contributed by atoms with van der Waals surface area (Å²) in [6.45, 7) is 10.6. The largest absolute Gasteiger partial charge is 0.448 e. The first-order valence-electron chi connectivity index (χ1n) is 13.0. The monoisotopic (exact) mass is 546 g/mol. The molecule has 0 fully saturated rings. The summed E-state index contributed by atoms with van der Waals surface area (Å²) < 4.78 is 6.32. The highest BCUT2D eigenvalue weighted by molar-refractivity contribution is 7.20. The van der Waals surface area contributed by atoms with Gasteiger partial charge in [0.15, 0.2) is 5.78 Å². The molecule has 0 saturated carbocycles. The minimum atomic E-state index is -0.651.